The second kappa shape index (κ2) is 10.5. The molecule has 0 aliphatic carbocycles. The number of likely N-dealkylation sites (tertiary alicyclic amines) is 1. The summed E-state index contributed by atoms with van der Waals surface area (Å²) in [5.41, 5.74) is 4.11. The van der Waals surface area contributed by atoms with Gasteiger partial charge in [-0.2, -0.15) is 0 Å². The Morgan fingerprint density at radius 1 is 0.919 bits per heavy atom. The third-order valence-corrected chi connectivity index (χ3v) is 6.26. The van der Waals surface area contributed by atoms with Crippen molar-refractivity contribution in [2.24, 2.45) is 0 Å². The molecule has 4 aromatic rings. The van der Waals surface area contributed by atoms with Crippen LogP contribution in [0.1, 0.15) is 33.9 Å². The average Bonchev–Trinajstić information content (AvgIpc) is 3.18. The van der Waals surface area contributed by atoms with Gasteiger partial charge < -0.3 is 14.7 Å². The quantitative estimate of drug-likeness (QED) is 0.223. The number of benzene rings is 2. The summed E-state index contributed by atoms with van der Waals surface area (Å²) < 4.78 is 5.88. The number of aromatic nitrogens is 2. The van der Waals surface area contributed by atoms with E-state index in [2.05, 4.69) is 16.0 Å². The number of aryl methyl sites for hydroxylation is 1. The Morgan fingerprint density at radius 2 is 1.70 bits per heavy atom. The van der Waals surface area contributed by atoms with Crippen LogP contribution < -0.4 is 4.74 Å². The molecule has 7 heteroatoms. The van der Waals surface area contributed by atoms with E-state index in [-0.39, 0.29) is 17.9 Å². The molecule has 0 unspecified atom stereocenters. The summed E-state index contributed by atoms with van der Waals surface area (Å²) in [5.74, 6) is -1.03. The molecule has 184 valence electrons. The highest BCUT2D eigenvalue weighted by molar-refractivity contribution is 6.46. The van der Waals surface area contributed by atoms with Gasteiger partial charge in [0.1, 0.15) is 18.1 Å². The minimum atomic E-state index is -0.779. The number of aliphatic hydroxyl groups excluding tert-OH is 1. The predicted octanol–water partition coefficient (Wildman–Crippen LogP) is 4.99. The van der Waals surface area contributed by atoms with Gasteiger partial charge in [0.15, 0.2) is 0 Å². The third kappa shape index (κ3) is 5.11. The maximum absolute atomic E-state index is 13.2. The second-order valence-corrected chi connectivity index (χ2v) is 8.87. The zero-order valence-corrected chi connectivity index (χ0v) is 20.2. The number of ether oxygens (including phenoxy) is 1. The van der Waals surface area contributed by atoms with Crippen molar-refractivity contribution >= 4 is 17.4 Å². The van der Waals surface area contributed by atoms with E-state index in [1.807, 2.05) is 25.1 Å². The van der Waals surface area contributed by atoms with Crippen LogP contribution in [0.5, 0.6) is 5.75 Å². The van der Waals surface area contributed by atoms with Crippen molar-refractivity contribution in [2.45, 2.75) is 26.1 Å². The second-order valence-electron chi connectivity index (χ2n) is 8.87. The Hall–Kier alpha value is -4.78. The van der Waals surface area contributed by atoms with E-state index in [4.69, 9.17) is 4.74 Å². The maximum atomic E-state index is 13.2. The Bertz CT molecular complexity index is 1450. The molecule has 2 aromatic heterocycles. The molecule has 0 saturated carbocycles. The number of hydrogen-bond donors (Lipinski definition) is 1. The molecular formula is C30H25N3O4. The first-order valence-electron chi connectivity index (χ1n) is 11.9. The average molecular weight is 492 g/mol. The van der Waals surface area contributed by atoms with Gasteiger partial charge >= 0.3 is 0 Å². The zero-order chi connectivity index (χ0) is 25.8. The fourth-order valence-electron chi connectivity index (χ4n) is 4.45. The molecule has 1 N–H and O–H groups in total. The fraction of sp³-hybridized carbons (Fsp3) is 0.133. The number of ketones is 1. The van der Waals surface area contributed by atoms with Crippen molar-refractivity contribution in [3.63, 3.8) is 0 Å². The van der Waals surface area contributed by atoms with E-state index in [1.165, 1.54) is 4.90 Å². The Balaban J connectivity index is 1.45. The van der Waals surface area contributed by atoms with E-state index in [0.29, 0.717) is 23.5 Å². The van der Waals surface area contributed by atoms with Gasteiger partial charge in [0.2, 0.25) is 0 Å². The summed E-state index contributed by atoms with van der Waals surface area (Å²) in [6, 6.07) is 21.2. The lowest BCUT2D eigenvalue weighted by Crippen LogP contribution is -2.29. The van der Waals surface area contributed by atoms with Crippen LogP contribution in [0.2, 0.25) is 0 Å². The highest BCUT2D eigenvalue weighted by Crippen LogP contribution is 2.40. The molecule has 0 spiro atoms. The molecule has 7 nitrogen and oxygen atoms in total. The summed E-state index contributed by atoms with van der Waals surface area (Å²) in [4.78, 5) is 35.9. The summed E-state index contributed by atoms with van der Waals surface area (Å²) in [7, 11) is 0. The summed E-state index contributed by atoms with van der Waals surface area (Å²) in [5, 5.41) is 11.3. The van der Waals surface area contributed by atoms with Crippen molar-refractivity contribution in [2.75, 3.05) is 0 Å². The molecule has 1 aliphatic heterocycles. The van der Waals surface area contributed by atoms with Crippen LogP contribution >= 0.6 is 0 Å². The molecule has 3 heterocycles. The van der Waals surface area contributed by atoms with Crippen molar-refractivity contribution in [1.82, 2.24) is 14.9 Å². The highest BCUT2D eigenvalue weighted by atomic mass is 16.5. The summed E-state index contributed by atoms with van der Waals surface area (Å²) in [6.45, 7) is 2.63. The number of amides is 1. The molecule has 0 radical (unpaired) electrons. The molecule has 5 rings (SSSR count). The lowest BCUT2D eigenvalue weighted by molar-refractivity contribution is -0.140. The van der Waals surface area contributed by atoms with Crippen molar-refractivity contribution in [1.29, 1.82) is 0 Å². The summed E-state index contributed by atoms with van der Waals surface area (Å²) >= 11 is 0. The van der Waals surface area contributed by atoms with Crippen LogP contribution in [0, 0.1) is 6.92 Å². The number of carbonyl (C=O) groups is 2. The highest BCUT2D eigenvalue weighted by Gasteiger charge is 2.46. The Labute approximate surface area is 214 Å². The van der Waals surface area contributed by atoms with Gasteiger partial charge in [-0.1, -0.05) is 35.9 Å². The van der Waals surface area contributed by atoms with Gasteiger partial charge in [0.25, 0.3) is 11.7 Å². The standard InChI is InChI=1S/C30H25N3O4/c1-20-4-2-5-22(16-20)19-37-25-9-7-23(8-10-25)28(34)26-27(24-6-3-13-32-17-24)33(30(36)29(26)35)18-21-11-14-31-15-12-21/h2-17,27,34H,18-19H2,1H3/b28-26+/t27-/m0/s1. The van der Waals surface area contributed by atoms with E-state index in [1.54, 1.807) is 73.3 Å². The number of rotatable bonds is 7. The van der Waals surface area contributed by atoms with Crippen LogP contribution in [0.4, 0.5) is 0 Å². The number of pyridine rings is 2. The monoisotopic (exact) mass is 491 g/mol. The maximum Gasteiger partial charge on any atom is 0.295 e. The van der Waals surface area contributed by atoms with Crippen molar-refractivity contribution in [3.8, 4) is 5.75 Å². The minimum absolute atomic E-state index is 0.0282. The topological polar surface area (TPSA) is 92.6 Å². The molecule has 1 saturated heterocycles. The molecule has 1 amide bonds. The molecule has 1 fully saturated rings. The van der Waals surface area contributed by atoms with Gasteiger partial charge in [-0.05, 0) is 66.1 Å². The number of aliphatic hydroxyl groups is 1. The van der Waals surface area contributed by atoms with E-state index in [0.717, 1.165) is 16.7 Å². The number of nitrogens with zero attached hydrogens (tertiary/aromatic N) is 3. The third-order valence-electron chi connectivity index (χ3n) is 6.26. The van der Waals surface area contributed by atoms with Gasteiger partial charge in [-0.15, -0.1) is 0 Å². The Morgan fingerprint density at radius 3 is 2.41 bits per heavy atom. The zero-order valence-electron chi connectivity index (χ0n) is 20.2. The smallest absolute Gasteiger partial charge is 0.295 e. The van der Waals surface area contributed by atoms with Gasteiger partial charge in [-0.3, -0.25) is 19.6 Å². The Kier molecular flexibility index (Phi) is 6.76. The van der Waals surface area contributed by atoms with Gasteiger partial charge in [0, 0.05) is 36.9 Å². The van der Waals surface area contributed by atoms with Crippen LogP contribution in [0.15, 0.2) is 103 Å². The number of hydrogen-bond acceptors (Lipinski definition) is 6. The predicted molar refractivity (Wildman–Crippen MR) is 138 cm³/mol. The van der Waals surface area contributed by atoms with Crippen LogP contribution in [-0.4, -0.2) is 31.7 Å². The lowest BCUT2D eigenvalue weighted by Gasteiger charge is -2.25. The van der Waals surface area contributed by atoms with Crippen LogP contribution in [0.3, 0.4) is 0 Å². The first-order chi connectivity index (χ1) is 18.0. The number of Topliss-reactive ketones (excluding diaryl/α,β-unsaturated/α-hetero) is 1. The van der Waals surface area contributed by atoms with Crippen LogP contribution in [-0.2, 0) is 22.7 Å². The molecule has 2 aromatic carbocycles. The van der Waals surface area contributed by atoms with Crippen LogP contribution in [0.25, 0.3) is 5.76 Å². The lowest BCUT2D eigenvalue weighted by atomic mass is 9.96. The SMILES string of the molecule is Cc1cccc(COc2ccc(/C(O)=C3\C(=O)C(=O)N(Cc4ccncc4)[C@H]3c3cccnc3)cc2)c1. The fourth-order valence-corrected chi connectivity index (χ4v) is 4.45. The minimum Gasteiger partial charge on any atom is -0.507 e. The van der Waals surface area contributed by atoms with Gasteiger partial charge in [-0.25, -0.2) is 0 Å². The molecule has 0 bridgehead atoms. The largest absolute Gasteiger partial charge is 0.507 e. The number of carbonyl (C=O) groups excluding carboxylic acids is 2. The normalized spacial score (nSPS) is 16.7. The van der Waals surface area contributed by atoms with Gasteiger partial charge in [0.05, 0.1) is 11.6 Å². The molecule has 1 aliphatic rings. The van der Waals surface area contributed by atoms with E-state index >= 15 is 0 Å². The first kappa shape index (κ1) is 23.9. The van der Waals surface area contributed by atoms with Crippen molar-refractivity contribution in [3.05, 3.63) is 131 Å². The first-order valence-corrected chi connectivity index (χ1v) is 11.9. The molecule has 1 atom stereocenters. The molecule has 37 heavy (non-hydrogen) atoms. The summed E-state index contributed by atoms with van der Waals surface area (Å²) in [6.07, 6.45) is 6.49. The van der Waals surface area contributed by atoms with E-state index < -0.39 is 17.7 Å². The van der Waals surface area contributed by atoms with Crippen molar-refractivity contribution < 1.29 is 19.4 Å². The molecular weight excluding hydrogens is 466 g/mol. The van der Waals surface area contributed by atoms with E-state index in [9.17, 15) is 14.7 Å².